The van der Waals surface area contributed by atoms with Crippen LogP contribution in [0.5, 0.6) is 11.5 Å². The number of nitrogens with zero attached hydrogens (tertiary/aromatic N) is 5. The van der Waals surface area contributed by atoms with Crippen LogP contribution in [0.2, 0.25) is 5.02 Å². The lowest BCUT2D eigenvalue weighted by Gasteiger charge is -2.20. The molecule has 0 aliphatic carbocycles. The molecule has 0 N–H and O–H groups in total. The first-order chi connectivity index (χ1) is 16.8. The number of halogens is 1. The Labute approximate surface area is 208 Å². The number of Topliss-reactive ketones (excluding diaryl/α,β-unsaturated/α-hetero) is 1. The van der Waals surface area contributed by atoms with Gasteiger partial charge in [0.05, 0.1) is 20.8 Å². The van der Waals surface area contributed by atoms with E-state index in [1.807, 2.05) is 48.3 Å². The minimum Gasteiger partial charge on any atom is -0.497 e. The molecule has 0 unspecified atom stereocenters. The number of ketones is 1. The van der Waals surface area contributed by atoms with Crippen molar-refractivity contribution in [2.45, 2.75) is 20.0 Å². The smallest absolute Gasteiger partial charge is 0.195 e. The lowest BCUT2D eigenvalue weighted by atomic mass is 10.1. The van der Waals surface area contributed by atoms with Crippen LogP contribution >= 0.6 is 11.6 Å². The molecule has 0 aliphatic heterocycles. The first kappa shape index (κ1) is 24.2. The molecule has 9 heteroatoms. The van der Waals surface area contributed by atoms with Crippen LogP contribution < -0.4 is 14.4 Å². The van der Waals surface area contributed by atoms with E-state index in [0.717, 1.165) is 11.1 Å². The Kier molecular flexibility index (Phi) is 7.02. The highest BCUT2D eigenvalue weighted by Crippen LogP contribution is 2.30. The molecular weight excluding hydrogens is 466 g/mol. The van der Waals surface area contributed by atoms with Gasteiger partial charge in [-0.1, -0.05) is 30.3 Å². The lowest BCUT2D eigenvalue weighted by molar-refractivity contribution is 0.100. The van der Waals surface area contributed by atoms with Crippen molar-refractivity contribution in [1.29, 1.82) is 0 Å². The van der Waals surface area contributed by atoms with E-state index in [4.69, 9.17) is 21.1 Å². The quantitative estimate of drug-likeness (QED) is 0.304. The first-order valence-electron chi connectivity index (χ1n) is 10.9. The zero-order valence-electron chi connectivity index (χ0n) is 20.1. The van der Waals surface area contributed by atoms with E-state index in [1.54, 1.807) is 30.9 Å². The number of carbonyl (C=O) groups excluding carboxylic acids is 1. The number of fused-ring (bicyclic) bond motifs is 1. The Balaban J connectivity index is 1.82. The van der Waals surface area contributed by atoms with E-state index in [-0.39, 0.29) is 5.78 Å². The largest absolute Gasteiger partial charge is 0.497 e. The van der Waals surface area contributed by atoms with Crippen LogP contribution in [0.25, 0.3) is 17.2 Å². The highest BCUT2D eigenvalue weighted by atomic mass is 35.5. The number of imidazole rings is 1. The van der Waals surface area contributed by atoms with E-state index < -0.39 is 0 Å². The van der Waals surface area contributed by atoms with Crippen molar-refractivity contribution in [1.82, 2.24) is 19.5 Å². The predicted molar refractivity (Wildman–Crippen MR) is 138 cm³/mol. The number of methoxy groups -OCH3 is 2. The Bertz CT molecular complexity index is 1420. The van der Waals surface area contributed by atoms with Crippen molar-refractivity contribution in [3.63, 3.8) is 0 Å². The standard InChI is InChI=1S/C26H26ClN5O3/c1-6-22-28-25(31(3)15-18-10-11-20(34-4)13-21(18)35-5)23-26(29-22)32(24(30-23)16(2)33)14-17-8-7-9-19(27)12-17/h6-13H,1,14-15H2,2-5H3. The summed E-state index contributed by atoms with van der Waals surface area (Å²) >= 11 is 6.19. The van der Waals surface area contributed by atoms with Gasteiger partial charge in [-0.25, -0.2) is 15.0 Å². The molecule has 2 aromatic heterocycles. The highest BCUT2D eigenvalue weighted by molar-refractivity contribution is 6.30. The molecule has 0 saturated heterocycles. The molecule has 2 aromatic carbocycles. The average Bonchev–Trinajstić information content (AvgIpc) is 3.22. The van der Waals surface area contributed by atoms with Crippen LogP contribution in [-0.4, -0.2) is 46.6 Å². The van der Waals surface area contributed by atoms with Crippen LogP contribution in [0.15, 0.2) is 49.0 Å². The summed E-state index contributed by atoms with van der Waals surface area (Å²) in [5.74, 6) is 2.54. The minimum atomic E-state index is -0.171. The fourth-order valence-corrected chi connectivity index (χ4v) is 4.12. The number of benzene rings is 2. The maximum absolute atomic E-state index is 12.5. The van der Waals surface area contributed by atoms with E-state index in [0.29, 0.717) is 58.2 Å². The molecule has 4 rings (SSSR count). The number of rotatable bonds is 9. The highest BCUT2D eigenvalue weighted by Gasteiger charge is 2.22. The summed E-state index contributed by atoms with van der Waals surface area (Å²) in [6.45, 7) is 6.20. The number of aromatic nitrogens is 4. The van der Waals surface area contributed by atoms with Gasteiger partial charge in [-0.15, -0.1) is 0 Å². The summed E-state index contributed by atoms with van der Waals surface area (Å²) in [5, 5.41) is 0.617. The molecular formula is C26H26ClN5O3. The van der Waals surface area contributed by atoms with E-state index in [2.05, 4.69) is 21.5 Å². The molecule has 0 fully saturated rings. The van der Waals surface area contributed by atoms with Crippen molar-refractivity contribution in [3.05, 3.63) is 76.8 Å². The van der Waals surface area contributed by atoms with Gasteiger partial charge in [0.2, 0.25) is 0 Å². The molecule has 0 amide bonds. The average molecular weight is 492 g/mol. The molecule has 35 heavy (non-hydrogen) atoms. The second kappa shape index (κ2) is 10.1. The molecule has 2 heterocycles. The summed E-state index contributed by atoms with van der Waals surface area (Å²) in [7, 11) is 5.14. The zero-order valence-corrected chi connectivity index (χ0v) is 20.8. The number of hydrogen-bond donors (Lipinski definition) is 0. The molecule has 180 valence electrons. The van der Waals surface area contributed by atoms with E-state index in [9.17, 15) is 4.79 Å². The summed E-state index contributed by atoms with van der Waals surface area (Å²) < 4.78 is 12.7. The van der Waals surface area contributed by atoms with Crippen LogP contribution in [0.3, 0.4) is 0 Å². The fraction of sp³-hybridized carbons (Fsp3) is 0.231. The molecule has 0 atom stereocenters. The molecule has 0 spiro atoms. The third-order valence-electron chi connectivity index (χ3n) is 5.58. The van der Waals surface area contributed by atoms with Gasteiger partial charge in [-0.2, -0.15) is 0 Å². The van der Waals surface area contributed by atoms with Gasteiger partial charge in [-0.3, -0.25) is 4.79 Å². The van der Waals surface area contributed by atoms with Gasteiger partial charge in [0.1, 0.15) is 11.5 Å². The summed E-state index contributed by atoms with van der Waals surface area (Å²) in [4.78, 5) is 28.5. The number of ether oxygens (including phenoxy) is 2. The van der Waals surface area contributed by atoms with Crippen molar-refractivity contribution in [2.24, 2.45) is 0 Å². The van der Waals surface area contributed by atoms with Gasteiger partial charge in [0, 0.05) is 37.2 Å². The van der Waals surface area contributed by atoms with Gasteiger partial charge in [0.15, 0.2) is 34.4 Å². The number of carbonyl (C=O) groups is 1. The van der Waals surface area contributed by atoms with Gasteiger partial charge >= 0.3 is 0 Å². The first-order valence-corrected chi connectivity index (χ1v) is 11.3. The molecule has 8 nitrogen and oxygen atoms in total. The van der Waals surface area contributed by atoms with E-state index >= 15 is 0 Å². The van der Waals surface area contributed by atoms with Crippen molar-refractivity contribution in [2.75, 3.05) is 26.2 Å². The second-order valence-electron chi connectivity index (χ2n) is 8.02. The maximum Gasteiger partial charge on any atom is 0.195 e. The SMILES string of the molecule is C=Cc1nc(N(C)Cc2ccc(OC)cc2OC)c2nc(C(C)=O)n(Cc3cccc(Cl)c3)c2n1. The van der Waals surface area contributed by atoms with Crippen LogP contribution in [0.4, 0.5) is 5.82 Å². The topological polar surface area (TPSA) is 82.4 Å². The maximum atomic E-state index is 12.5. The van der Waals surface area contributed by atoms with Crippen LogP contribution in [0, 0.1) is 0 Å². The summed E-state index contributed by atoms with van der Waals surface area (Å²) in [5.41, 5.74) is 2.94. The number of anilines is 1. The molecule has 0 radical (unpaired) electrons. The van der Waals surface area contributed by atoms with Crippen molar-refractivity contribution in [3.8, 4) is 11.5 Å². The Morgan fingerprint density at radius 2 is 1.94 bits per heavy atom. The Morgan fingerprint density at radius 3 is 2.60 bits per heavy atom. The molecule has 4 aromatic rings. The summed E-state index contributed by atoms with van der Waals surface area (Å²) in [6, 6.07) is 13.1. The van der Waals surface area contributed by atoms with Gasteiger partial charge in [0.25, 0.3) is 0 Å². The van der Waals surface area contributed by atoms with Crippen molar-refractivity contribution >= 4 is 40.4 Å². The summed E-state index contributed by atoms with van der Waals surface area (Å²) in [6.07, 6.45) is 1.58. The Morgan fingerprint density at radius 1 is 1.14 bits per heavy atom. The number of hydrogen-bond acceptors (Lipinski definition) is 7. The third-order valence-corrected chi connectivity index (χ3v) is 5.82. The van der Waals surface area contributed by atoms with Gasteiger partial charge in [-0.05, 0) is 35.9 Å². The van der Waals surface area contributed by atoms with Crippen LogP contribution in [-0.2, 0) is 13.1 Å². The fourth-order valence-electron chi connectivity index (χ4n) is 3.91. The van der Waals surface area contributed by atoms with Gasteiger partial charge < -0.3 is 18.9 Å². The molecule has 0 bridgehead atoms. The minimum absolute atomic E-state index is 0.171. The van der Waals surface area contributed by atoms with E-state index in [1.165, 1.54) is 6.92 Å². The van der Waals surface area contributed by atoms with Crippen LogP contribution in [0.1, 0.15) is 34.5 Å². The third kappa shape index (κ3) is 4.97. The van der Waals surface area contributed by atoms with Crippen molar-refractivity contribution < 1.29 is 14.3 Å². The monoisotopic (exact) mass is 491 g/mol. The molecule has 0 saturated carbocycles. The lowest BCUT2D eigenvalue weighted by Crippen LogP contribution is -2.19. The second-order valence-corrected chi connectivity index (χ2v) is 8.46. The predicted octanol–water partition coefficient (Wildman–Crippen LogP) is 5.03. The molecule has 0 aliphatic rings. The normalized spacial score (nSPS) is 10.9. The Hall–Kier alpha value is -3.91. The zero-order chi connectivity index (χ0) is 25.1.